The van der Waals surface area contributed by atoms with Crippen molar-refractivity contribution in [1.82, 2.24) is 0 Å². The van der Waals surface area contributed by atoms with Crippen molar-refractivity contribution in [3.05, 3.63) is 35.9 Å². The third kappa shape index (κ3) is 4.66. The van der Waals surface area contributed by atoms with Gasteiger partial charge in [-0.25, -0.2) is 0 Å². The van der Waals surface area contributed by atoms with Crippen LogP contribution in [0.2, 0.25) is 0 Å². The zero-order valence-corrected chi connectivity index (χ0v) is 8.11. The molecule has 1 aromatic carbocycles. The van der Waals surface area contributed by atoms with Crippen molar-refractivity contribution in [3.63, 3.8) is 0 Å². The van der Waals surface area contributed by atoms with Crippen molar-refractivity contribution in [2.45, 2.75) is 13.0 Å². The first-order chi connectivity index (χ1) is 6.93. The van der Waals surface area contributed by atoms with Crippen molar-refractivity contribution in [3.8, 4) is 12.3 Å². The lowest BCUT2D eigenvalue weighted by Crippen LogP contribution is -2.01. The van der Waals surface area contributed by atoms with Gasteiger partial charge in [0.25, 0.3) is 0 Å². The first-order valence-corrected chi connectivity index (χ1v) is 4.56. The Bertz CT molecular complexity index is 274. The molecule has 0 heterocycles. The summed E-state index contributed by atoms with van der Waals surface area (Å²) in [5.41, 5.74) is 1.15. The zero-order valence-electron chi connectivity index (χ0n) is 8.11. The Hall–Kier alpha value is -1.30. The van der Waals surface area contributed by atoms with E-state index in [1.807, 2.05) is 30.3 Å². The lowest BCUT2D eigenvalue weighted by molar-refractivity contribution is -0.0596. The molecule has 0 fully saturated rings. The number of rotatable bonds is 6. The van der Waals surface area contributed by atoms with Crippen LogP contribution >= 0.6 is 0 Å². The highest BCUT2D eigenvalue weighted by Crippen LogP contribution is 2.00. The molecule has 0 saturated carbocycles. The second-order valence-electron chi connectivity index (χ2n) is 2.81. The van der Waals surface area contributed by atoms with Crippen molar-refractivity contribution in [2.24, 2.45) is 0 Å². The van der Waals surface area contributed by atoms with Gasteiger partial charge in [-0.05, 0) is 5.56 Å². The summed E-state index contributed by atoms with van der Waals surface area (Å²) < 4.78 is 10.4. The van der Waals surface area contributed by atoms with E-state index in [0.29, 0.717) is 26.4 Å². The Morgan fingerprint density at radius 1 is 1.14 bits per heavy atom. The van der Waals surface area contributed by atoms with Crippen LogP contribution in [0.3, 0.4) is 0 Å². The van der Waals surface area contributed by atoms with Crippen LogP contribution in [-0.4, -0.2) is 13.4 Å². The Kier molecular flexibility index (Phi) is 5.49. The molecule has 2 nitrogen and oxygen atoms in total. The molecule has 0 aliphatic heterocycles. The maximum atomic E-state index is 5.28. The minimum atomic E-state index is 0.302. The molecule has 0 N–H and O–H groups in total. The second-order valence-corrected chi connectivity index (χ2v) is 2.81. The fraction of sp³-hybridized carbons (Fsp3) is 0.333. The summed E-state index contributed by atoms with van der Waals surface area (Å²) in [6, 6.07) is 9.98. The van der Waals surface area contributed by atoms with E-state index >= 15 is 0 Å². The predicted molar refractivity (Wildman–Crippen MR) is 55.5 cm³/mol. The Morgan fingerprint density at radius 2 is 1.93 bits per heavy atom. The van der Waals surface area contributed by atoms with Crippen LogP contribution in [-0.2, 0) is 16.1 Å². The summed E-state index contributed by atoms with van der Waals surface area (Å²) in [5, 5.41) is 0. The molecule has 74 valence electrons. The van der Waals surface area contributed by atoms with Gasteiger partial charge >= 0.3 is 0 Å². The lowest BCUT2D eigenvalue weighted by atomic mass is 10.2. The summed E-state index contributed by atoms with van der Waals surface area (Å²) >= 11 is 0. The van der Waals surface area contributed by atoms with Crippen LogP contribution in [0.25, 0.3) is 0 Å². The van der Waals surface area contributed by atoms with E-state index in [2.05, 4.69) is 5.92 Å². The third-order valence-corrected chi connectivity index (χ3v) is 1.67. The molecule has 0 bridgehead atoms. The van der Waals surface area contributed by atoms with Crippen molar-refractivity contribution >= 4 is 0 Å². The molecule has 0 spiro atoms. The number of hydrogen-bond donors (Lipinski definition) is 0. The molecule has 0 atom stereocenters. The average Bonchev–Trinajstić information content (AvgIpc) is 2.25. The van der Waals surface area contributed by atoms with E-state index in [-0.39, 0.29) is 0 Å². The van der Waals surface area contributed by atoms with E-state index in [1.165, 1.54) is 0 Å². The molecule has 0 radical (unpaired) electrons. The van der Waals surface area contributed by atoms with Gasteiger partial charge in [0.15, 0.2) is 0 Å². The van der Waals surface area contributed by atoms with Crippen LogP contribution in [0, 0.1) is 12.3 Å². The summed E-state index contributed by atoms with van der Waals surface area (Å²) in [7, 11) is 0. The topological polar surface area (TPSA) is 18.5 Å². The van der Waals surface area contributed by atoms with E-state index in [9.17, 15) is 0 Å². The summed E-state index contributed by atoms with van der Waals surface area (Å²) in [6.45, 7) is 1.44. The van der Waals surface area contributed by atoms with Crippen LogP contribution in [0.15, 0.2) is 30.3 Å². The summed E-state index contributed by atoms with van der Waals surface area (Å²) in [6.07, 6.45) is 5.70. The smallest absolute Gasteiger partial charge is 0.147 e. The molecule has 0 aromatic heterocycles. The molecule has 2 heteroatoms. The largest absolute Gasteiger partial charge is 0.354 e. The van der Waals surface area contributed by atoms with Gasteiger partial charge in [0.1, 0.15) is 6.79 Å². The van der Waals surface area contributed by atoms with Crippen LogP contribution in [0.4, 0.5) is 0 Å². The molecule has 0 saturated heterocycles. The molecule has 0 amide bonds. The minimum absolute atomic E-state index is 0.302. The van der Waals surface area contributed by atoms with Gasteiger partial charge in [-0.3, -0.25) is 0 Å². The molecular formula is C12H14O2. The van der Waals surface area contributed by atoms with Crippen molar-refractivity contribution < 1.29 is 9.47 Å². The molecule has 1 aromatic rings. The zero-order chi connectivity index (χ0) is 10.1. The fourth-order valence-corrected chi connectivity index (χ4v) is 0.983. The van der Waals surface area contributed by atoms with E-state index in [4.69, 9.17) is 15.9 Å². The molecule has 1 rings (SSSR count). The Labute approximate surface area is 84.8 Å². The quantitative estimate of drug-likeness (QED) is 0.389. The fourth-order valence-electron chi connectivity index (χ4n) is 0.983. The molecule has 14 heavy (non-hydrogen) atoms. The van der Waals surface area contributed by atoms with Crippen LogP contribution in [0.5, 0.6) is 0 Å². The predicted octanol–water partition coefficient (Wildman–Crippen LogP) is 2.20. The standard InChI is InChI=1S/C12H14O2/c1-2-3-9-13-11-14-10-12-7-5-4-6-8-12/h1,4-8H,3,9-11H2. The van der Waals surface area contributed by atoms with Gasteiger partial charge in [-0.1, -0.05) is 30.3 Å². The van der Waals surface area contributed by atoms with Gasteiger partial charge < -0.3 is 9.47 Å². The molecule has 0 aliphatic rings. The number of hydrogen-bond acceptors (Lipinski definition) is 2. The number of benzene rings is 1. The first-order valence-electron chi connectivity index (χ1n) is 4.56. The maximum Gasteiger partial charge on any atom is 0.147 e. The van der Waals surface area contributed by atoms with E-state index in [1.54, 1.807) is 0 Å². The van der Waals surface area contributed by atoms with Crippen LogP contribution in [0.1, 0.15) is 12.0 Å². The highest BCUT2D eigenvalue weighted by atomic mass is 16.7. The average molecular weight is 190 g/mol. The number of terminal acetylenes is 1. The van der Waals surface area contributed by atoms with Gasteiger partial charge in [-0.15, -0.1) is 12.3 Å². The second kappa shape index (κ2) is 7.14. The lowest BCUT2D eigenvalue weighted by Gasteiger charge is -2.04. The summed E-state index contributed by atoms with van der Waals surface area (Å²) in [5.74, 6) is 2.50. The van der Waals surface area contributed by atoms with Crippen LogP contribution < -0.4 is 0 Å². The van der Waals surface area contributed by atoms with E-state index < -0.39 is 0 Å². The monoisotopic (exact) mass is 190 g/mol. The SMILES string of the molecule is C#CCCOCOCc1ccccc1. The van der Waals surface area contributed by atoms with Gasteiger partial charge in [0.2, 0.25) is 0 Å². The highest BCUT2D eigenvalue weighted by molar-refractivity contribution is 5.13. The normalized spacial score (nSPS) is 9.64. The molecule has 0 unspecified atom stereocenters. The first kappa shape index (κ1) is 10.8. The third-order valence-electron chi connectivity index (χ3n) is 1.67. The minimum Gasteiger partial charge on any atom is -0.354 e. The summed E-state index contributed by atoms with van der Waals surface area (Å²) in [4.78, 5) is 0. The van der Waals surface area contributed by atoms with Gasteiger partial charge in [0.05, 0.1) is 13.2 Å². The van der Waals surface area contributed by atoms with Gasteiger partial charge in [-0.2, -0.15) is 0 Å². The van der Waals surface area contributed by atoms with Gasteiger partial charge in [0, 0.05) is 6.42 Å². The van der Waals surface area contributed by atoms with Crippen molar-refractivity contribution in [2.75, 3.05) is 13.4 Å². The molecular weight excluding hydrogens is 176 g/mol. The highest BCUT2D eigenvalue weighted by Gasteiger charge is 1.90. The Morgan fingerprint density at radius 3 is 2.64 bits per heavy atom. The number of ether oxygens (including phenoxy) is 2. The molecule has 0 aliphatic carbocycles. The maximum absolute atomic E-state index is 5.28. The van der Waals surface area contributed by atoms with Crippen molar-refractivity contribution in [1.29, 1.82) is 0 Å². The Balaban J connectivity index is 2.03. The van der Waals surface area contributed by atoms with E-state index in [0.717, 1.165) is 5.56 Å².